The topological polar surface area (TPSA) is 43.4 Å². The summed E-state index contributed by atoms with van der Waals surface area (Å²) in [7, 11) is 0. The Morgan fingerprint density at radius 2 is 2.24 bits per heavy atom. The number of rotatable bonds is 3. The van der Waals surface area contributed by atoms with E-state index >= 15 is 0 Å². The summed E-state index contributed by atoms with van der Waals surface area (Å²) in [4.78, 5) is 4.40. The molecule has 1 N–H and O–H groups in total. The van der Waals surface area contributed by atoms with Crippen molar-refractivity contribution in [3.8, 4) is 11.5 Å². The SMILES string of the molecule is Cc1csc(CNc2ccc3c(c2)OCO3)n1. The van der Waals surface area contributed by atoms with Gasteiger partial charge in [0.25, 0.3) is 0 Å². The molecular weight excluding hydrogens is 236 g/mol. The molecule has 0 saturated heterocycles. The van der Waals surface area contributed by atoms with Crippen LogP contribution in [0.3, 0.4) is 0 Å². The highest BCUT2D eigenvalue weighted by molar-refractivity contribution is 7.09. The van der Waals surface area contributed by atoms with Gasteiger partial charge in [0, 0.05) is 22.8 Å². The molecule has 3 rings (SSSR count). The molecule has 0 aliphatic carbocycles. The summed E-state index contributed by atoms with van der Waals surface area (Å²) in [6.45, 7) is 3.04. The number of nitrogens with zero attached hydrogens (tertiary/aromatic N) is 1. The molecule has 5 heteroatoms. The van der Waals surface area contributed by atoms with Crippen LogP contribution in [0.1, 0.15) is 10.7 Å². The summed E-state index contributed by atoms with van der Waals surface area (Å²) < 4.78 is 10.6. The average Bonchev–Trinajstić information content (AvgIpc) is 2.94. The van der Waals surface area contributed by atoms with Crippen LogP contribution in [0.2, 0.25) is 0 Å². The highest BCUT2D eigenvalue weighted by Crippen LogP contribution is 2.34. The van der Waals surface area contributed by atoms with Crippen molar-refractivity contribution in [1.82, 2.24) is 4.98 Å². The van der Waals surface area contributed by atoms with Crippen LogP contribution in [0, 0.1) is 6.92 Å². The Hall–Kier alpha value is -1.75. The van der Waals surface area contributed by atoms with E-state index in [4.69, 9.17) is 9.47 Å². The monoisotopic (exact) mass is 248 g/mol. The van der Waals surface area contributed by atoms with E-state index in [1.807, 2.05) is 25.1 Å². The molecule has 1 aliphatic rings. The molecule has 0 fully saturated rings. The molecule has 1 aromatic carbocycles. The highest BCUT2D eigenvalue weighted by atomic mass is 32.1. The summed E-state index contributed by atoms with van der Waals surface area (Å²) in [5.41, 5.74) is 2.08. The van der Waals surface area contributed by atoms with Crippen molar-refractivity contribution in [1.29, 1.82) is 0 Å². The predicted molar refractivity (Wildman–Crippen MR) is 66.7 cm³/mol. The molecule has 0 radical (unpaired) electrons. The molecule has 0 amide bonds. The van der Waals surface area contributed by atoms with Crippen LogP contribution in [0.5, 0.6) is 11.5 Å². The van der Waals surface area contributed by atoms with Gasteiger partial charge < -0.3 is 14.8 Å². The van der Waals surface area contributed by atoms with Gasteiger partial charge in [-0.05, 0) is 19.1 Å². The largest absolute Gasteiger partial charge is 0.454 e. The number of fused-ring (bicyclic) bond motifs is 1. The van der Waals surface area contributed by atoms with Crippen molar-refractivity contribution in [2.75, 3.05) is 12.1 Å². The number of anilines is 1. The number of hydrogen-bond donors (Lipinski definition) is 1. The summed E-state index contributed by atoms with van der Waals surface area (Å²) in [6, 6.07) is 5.84. The minimum absolute atomic E-state index is 0.310. The molecule has 0 saturated carbocycles. The first-order chi connectivity index (χ1) is 8.31. The Balaban J connectivity index is 1.69. The third-order valence-electron chi connectivity index (χ3n) is 2.48. The van der Waals surface area contributed by atoms with E-state index in [2.05, 4.69) is 15.7 Å². The standard InChI is InChI=1S/C12H12N2O2S/c1-8-6-17-12(14-8)5-13-9-2-3-10-11(4-9)16-7-15-10/h2-4,6,13H,5,7H2,1H3. The number of ether oxygens (including phenoxy) is 2. The molecule has 88 valence electrons. The highest BCUT2D eigenvalue weighted by Gasteiger charge is 2.12. The lowest BCUT2D eigenvalue weighted by molar-refractivity contribution is 0.174. The lowest BCUT2D eigenvalue weighted by Crippen LogP contribution is -1.98. The Morgan fingerprint density at radius 3 is 3.06 bits per heavy atom. The fraction of sp³-hybridized carbons (Fsp3) is 0.250. The smallest absolute Gasteiger partial charge is 0.231 e. The maximum Gasteiger partial charge on any atom is 0.231 e. The molecular formula is C12H12N2O2S. The quantitative estimate of drug-likeness (QED) is 0.907. The molecule has 0 atom stereocenters. The Labute approximate surface area is 103 Å². The van der Waals surface area contributed by atoms with Crippen LogP contribution in [0.15, 0.2) is 23.6 Å². The van der Waals surface area contributed by atoms with Crippen LogP contribution in [0.4, 0.5) is 5.69 Å². The van der Waals surface area contributed by atoms with Gasteiger partial charge in [-0.25, -0.2) is 4.98 Å². The van der Waals surface area contributed by atoms with Crippen molar-refractivity contribution in [3.63, 3.8) is 0 Å². The van der Waals surface area contributed by atoms with Gasteiger partial charge in [0.15, 0.2) is 11.5 Å². The maximum absolute atomic E-state index is 5.32. The molecule has 4 nitrogen and oxygen atoms in total. The Morgan fingerprint density at radius 1 is 1.35 bits per heavy atom. The van der Waals surface area contributed by atoms with Gasteiger partial charge in [0.1, 0.15) is 5.01 Å². The number of hydrogen-bond acceptors (Lipinski definition) is 5. The van der Waals surface area contributed by atoms with Gasteiger partial charge in [-0.15, -0.1) is 11.3 Å². The van der Waals surface area contributed by atoms with Gasteiger partial charge in [-0.3, -0.25) is 0 Å². The first kappa shape index (κ1) is 10.4. The van der Waals surface area contributed by atoms with E-state index < -0.39 is 0 Å². The Bertz CT molecular complexity index is 539. The van der Waals surface area contributed by atoms with Gasteiger partial charge in [-0.2, -0.15) is 0 Å². The van der Waals surface area contributed by atoms with Crippen molar-refractivity contribution >= 4 is 17.0 Å². The van der Waals surface area contributed by atoms with Crippen LogP contribution in [-0.4, -0.2) is 11.8 Å². The fourth-order valence-electron chi connectivity index (χ4n) is 1.67. The first-order valence-corrected chi connectivity index (χ1v) is 6.24. The zero-order chi connectivity index (χ0) is 11.7. The molecule has 1 aromatic heterocycles. The predicted octanol–water partition coefficient (Wildman–Crippen LogP) is 2.79. The fourth-order valence-corrected chi connectivity index (χ4v) is 2.38. The van der Waals surface area contributed by atoms with Gasteiger partial charge >= 0.3 is 0 Å². The van der Waals surface area contributed by atoms with Gasteiger partial charge in [0.2, 0.25) is 6.79 Å². The van der Waals surface area contributed by atoms with E-state index in [0.29, 0.717) is 6.79 Å². The second-order valence-electron chi connectivity index (χ2n) is 3.80. The lowest BCUT2D eigenvalue weighted by atomic mass is 10.3. The van der Waals surface area contributed by atoms with Gasteiger partial charge in [0.05, 0.1) is 6.54 Å². The molecule has 2 heterocycles. The second-order valence-corrected chi connectivity index (χ2v) is 4.75. The number of aryl methyl sites for hydroxylation is 1. The van der Waals surface area contributed by atoms with E-state index in [0.717, 1.165) is 34.4 Å². The summed E-state index contributed by atoms with van der Waals surface area (Å²) in [6.07, 6.45) is 0. The third kappa shape index (κ3) is 2.19. The Kier molecular flexibility index (Phi) is 2.60. The first-order valence-electron chi connectivity index (χ1n) is 5.36. The average molecular weight is 248 g/mol. The van der Waals surface area contributed by atoms with E-state index in [9.17, 15) is 0 Å². The molecule has 17 heavy (non-hydrogen) atoms. The van der Waals surface area contributed by atoms with E-state index in [-0.39, 0.29) is 0 Å². The van der Waals surface area contributed by atoms with Crippen molar-refractivity contribution in [2.45, 2.75) is 13.5 Å². The van der Waals surface area contributed by atoms with E-state index in [1.165, 1.54) is 0 Å². The van der Waals surface area contributed by atoms with Crippen LogP contribution < -0.4 is 14.8 Å². The van der Waals surface area contributed by atoms with Crippen LogP contribution in [0.25, 0.3) is 0 Å². The van der Waals surface area contributed by atoms with Crippen molar-refractivity contribution < 1.29 is 9.47 Å². The minimum atomic E-state index is 0.310. The van der Waals surface area contributed by atoms with Gasteiger partial charge in [-0.1, -0.05) is 0 Å². The number of thiazole rings is 1. The molecule has 1 aliphatic heterocycles. The number of benzene rings is 1. The number of aromatic nitrogens is 1. The van der Waals surface area contributed by atoms with E-state index in [1.54, 1.807) is 11.3 Å². The van der Waals surface area contributed by atoms with Crippen LogP contribution >= 0.6 is 11.3 Å². The molecule has 2 aromatic rings. The van der Waals surface area contributed by atoms with Crippen molar-refractivity contribution in [2.24, 2.45) is 0 Å². The zero-order valence-electron chi connectivity index (χ0n) is 9.40. The van der Waals surface area contributed by atoms with Crippen LogP contribution in [-0.2, 0) is 6.54 Å². The molecule has 0 spiro atoms. The normalized spacial score (nSPS) is 12.8. The summed E-state index contributed by atoms with van der Waals surface area (Å²) in [5.74, 6) is 1.60. The molecule has 0 bridgehead atoms. The minimum Gasteiger partial charge on any atom is -0.454 e. The number of nitrogens with one attached hydrogen (secondary N) is 1. The van der Waals surface area contributed by atoms with Crippen molar-refractivity contribution in [3.05, 3.63) is 34.3 Å². The molecule has 0 unspecified atom stereocenters. The third-order valence-corrected chi connectivity index (χ3v) is 3.45. The lowest BCUT2D eigenvalue weighted by Gasteiger charge is -2.05. The second kappa shape index (κ2) is 4.25. The summed E-state index contributed by atoms with van der Waals surface area (Å²) in [5, 5.41) is 6.45. The maximum atomic E-state index is 5.32. The zero-order valence-corrected chi connectivity index (χ0v) is 10.2. The summed E-state index contributed by atoms with van der Waals surface area (Å²) >= 11 is 1.66.